The minimum atomic E-state index is -0.605. The molecule has 0 amide bonds. The van der Waals surface area contributed by atoms with Crippen LogP contribution in [0.4, 0.5) is 0 Å². The zero-order valence-electron chi connectivity index (χ0n) is 33.0. The number of hydrogen-bond acceptors (Lipinski definition) is 2. The summed E-state index contributed by atoms with van der Waals surface area (Å²) in [7, 11) is 0. The van der Waals surface area contributed by atoms with Crippen LogP contribution in [0.5, 0.6) is 0 Å². The molecule has 3 aliphatic rings. The third-order valence-electron chi connectivity index (χ3n) is 14.1. The van der Waals surface area contributed by atoms with E-state index in [-0.39, 0.29) is 0 Å². The van der Waals surface area contributed by atoms with Gasteiger partial charge in [-0.25, -0.2) is 9.97 Å². The molecular weight excluding hydrogens is 739 g/mol. The minimum absolute atomic E-state index is 0.575. The molecule has 0 fully saturated rings. The summed E-state index contributed by atoms with van der Waals surface area (Å²) in [5.74, 6) is 0.660. The average Bonchev–Trinajstić information content (AvgIpc) is 3.93. The molecule has 0 saturated carbocycles. The molecular formula is C58H35N3. The average molecular weight is 774 g/mol. The zero-order chi connectivity index (χ0) is 39.9. The van der Waals surface area contributed by atoms with E-state index in [1.165, 1.54) is 77.5 Å². The van der Waals surface area contributed by atoms with Gasteiger partial charge in [0.15, 0.2) is 0 Å². The highest BCUT2D eigenvalue weighted by Crippen LogP contribution is 2.67. The van der Waals surface area contributed by atoms with Crippen molar-refractivity contribution in [3.63, 3.8) is 0 Å². The predicted octanol–water partition coefficient (Wildman–Crippen LogP) is 13.4. The molecule has 0 saturated heterocycles. The Balaban J connectivity index is 1.20. The first kappa shape index (κ1) is 33.0. The molecule has 14 rings (SSSR count). The van der Waals surface area contributed by atoms with E-state index in [4.69, 9.17) is 9.97 Å². The van der Waals surface area contributed by atoms with Crippen molar-refractivity contribution >= 4 is 32.7 Å². The van der Waals surface area contributed by atoms with Crippen LogP contribution in [0.3, 0.4) is 0 Å². The highest BCUT2D eigenvalue weighted by molar-refractivity contribution is 6.11. The molecule has 9 aromatic carbocycles. The van der Waals surface area contributed by atoms with E-state index in [2.05, 4.69) is 217 Å². The summed E-state index contributed by atoms with van der Waals surface area (Å²) < 4.78 is 2.33. The van der Waals surface area contributed by atoms with E-state index in [0.29, 0.717) is 5.95 Å². The molecule has 0 bridgehead atoms. The topological polar surface area (TPSA) is 30.7 Å². The quantitative estimate of drug-likeness (QED) is 0.175. The van der Waals surface area contributed by atoms with Gasteiger partial charge < -0.3 is 0 Å². The van der Waals surface area contributed by atoms with E-state index in [9.17, 15) is 0 Å². The van der Waals surface area contributed by atoms with E-state index >= 15 is 0 Å². The van der Waals surface area contributed by atoms with Crippen molar-refractivity contribution in [2.75, 3.05) is 0 Å². The Morgan fingerprint density at radius 1 is 0.311 bits per heavy atom. The predicted molar refractivity (Wildman–Crippen MR) is 247 cm³/mol. The van der Waals surface area contributed by atoms with Crippen LogP contribution < -0.4 is 0 Å². The van der Waals surface area contributed by atoms with Crippen LogP contribution in [0.25, 0.3) is 72.2 Å². The van der Waals surface area contributed by atoms with Gasteiger partial charge in [0.05, 0.1) is 33.1 Å². The molecule has 61 heavy (non-hydrogen) atoms. The number of fused-ring (bicyclic) bond motifs is 20. The number of aromatic nitrogens is 3. The lowest BCUT2D eigenvalue weighted by Crippen LogP contribution is -2.43. The Kier molecular flexibility index (Phi) is 6.42. The monoisotopic (exact) mass is 773 g/mol. The molecule has 282 valence electrons. The molecule has 0 N–H and O–H groups in total. The summed E-state index contributed by atoms with van der Waals surface area (Å²) in [4.78, 5) is 10.9. The largest absolute Gasteiger partial charge is 0.278 e. The van der Waals surface area contributed by atoms with Crippen LogP contribution in [-0.2, 0) is 10.8 Å². The van der Waals surface area contributed by atoms with Gasteiger partial charge in [0.25, 0.3) is 0 Å². The third-order valence-corrected chi connectivity index (χ3v) is 14.1. The maximum Gasteiger partial charge on any atom is 0.235 e. The van der Waals surface area contributed by atoms with Gasteiger partial charge in [0, 0.05) is 21.7 Å². The first-order valence-electron chi connectivity index (χ1n) is 21.2. The Morgan fingerprint density at radius 2 is 0.754 bits per heavy atom. The molecule has 3 heteroatoms. The molecule has 2 aromatic heterocycles. The van der Waals surface area contributed by atoms with Gasteiger partial charge in [0.1, 0.15) is 0 Å². The van der Waals surface area contributed by atoms with Crippen molar-refractivity contribution in [1.29, 1.82) is 0 Å². The van der Waals surface area contributed by atoms with E-state index in [1.54, 1.807) is 0 Å². The maximum absolute atomic E-state index is 5.51. The van der Waals surface area contributed by atoms with E-state index < -0.39 is 10.8 Å². The maximum atomic E-state index is 5.51. The van der Waals surface area contributed by atoms with E-state index in [0.717, 1.165) is 33.2 Å². The normalized spacial score (nSPS) is 14.5. The zero-order valence-corrected chi connectivity index (χ0v) is 33.0. The molecule has 0 radical (unpaired) electrons. The second-order valence-corrected chi connectivity index (χ2v) is 16.8. The molecule has 0 unspecified atom stereocenters. The van der Waals surface area contributed by atoms with Crippen LogP contribution in [0.1, 0.15) is 44.5 Å². The van der Waals surface area contributed by atoms with Crippen LogP contribution in [0.15, 0.2) is 212 Å². The number of para-hydroxylation sites is 2. The van der Waals surface area contributed by atoms with Crippen molar-refractivity contribution in [1.82, 2.24) is 14.5 Å². The molecule has 0 aliphatic heterocycles. The van der Waals surface area contributed by atoms with Crippen molar-refractivity contribution in [3.05, 3.63) is 257 Å². The Labute approximate surface area is 352 Å². The fraction of sp³-hybridized carbons (Fsp3) is 0.0345. The van der Waals surface area contributed by atoms with Crippen LogP contribution in [-0.4, -0.2) is 14.5 Å². The second kappa shape index (κ2) is 11.9. The molecule has 2 spiro atoms. The molecule has 2 heterocycles. The SMILES string of the molecule is c1ccc(-c2nc(-n3c4ccccc4c4cc5c(cc43)C3(c4ccccc4-c4ccccc43)c3ccccc3C53c4ccccc4-c4ccccc43)nc3ccccc23)cc1. The Bertz CT molecular complexity index is 3580. The van der Waals surface area contributed by atoms with Gasteiger partial charge in [-0.2, -0.15) is 0 Å². The fourth-order valence-corrected chi connectivity index (χ4v) is 11.9. The summed E-state index contributed by atoms with van der Waals surface area (Å²) in [6, 6.07) is 78.6. The molecule has 11 aromatic rings. The lowest BCUT2D eigenvalue weighted by atomic mass is 9.52. The number of benzene rings is 9. The van der Waals surface area contributed by atoms with Gasteiger partial charge >= 0.3 is 0 Å². The van der Waals surface area contributed by atoms with Crippen LogP contribution >= 0.6 is 0 Å². The van der Waals surface area contributed by atoms with Gasteiger partial charge in [-0.05, 0) is 91.0 Å². The summed E-state index contributed by atoms with van der Waals surface area (Å²) in [6.07, 6.45) is 0. The van der Waals surface area contributed by atoms with E-state index in [1.807, 2.05) is 0 Å². The van der Waals surface area contributed by atoms with Crippen LogP contribution in [0, 0.1) is 0 Å². The molecule has 0 atom stereocenters. The lowest BCUT2D eigenvalue weighted by Gasteiger charge is -2.49. The minimum Gasteiger partial charge on any atom is -0.278 e. The fourth-order valence-electron chi connectivity index (χ4n) is 11.9. The number of rotatable bonds is 2. The molecule has 3 aliphatic carbocycles. The van der Waals surface area contributed by atoms with Gasteiger partial charge in [-0.1, -0.05) is 188 Å². The Morgan fingerprint density at radius 3 is 1.33 bits per heavy atom. The van der Waals surface area contributed by atoms with Gasteiger partial charge in [-0.15, -0.1) is 0 Å². The number of nitrogens with zero attached hydrogens (tertiary/aromatic N) is 3. The van der Waals surface area contributed by atoms with Gasteiger partial charge in [-0.3, -0.25) is 4.57 Å². The van der Waals surface area contributed by atoms with Crippen molar-refractivity contribution in [2.45, 2.75) is 10.8 Å². The van der Waals surface area contributed by atoms with Crippen LogP contribution in [0.2, 0.25) is 0 Å². The summed E-state index contributed by atoms with van der Waals surface area (Å²) in [5.41, 5.74) is 19.6. The summed E-state index contributed by atoms with van der Waals surface area (Å²) in [5, 5.41) is 3.39. The highest BCUT2D eigenvalue weighted by atomic mass is 15.2. The third kappa shape index (κ3) is 3.99. The number of hydrogen-bond donors (Lipinski definition) is 0. The first-order chi connectivity index (χ1) is 30.3. The van der Waals surface area contributed by atoms with Crippen molar-refractivity contribution in [3.8, 4) is 39.5 Å². The standard InChI is InChI=1S/C58H35N3/c1-2-18-36(19-3-1)55-42-25-8-16-32-52(42)59-56(60-55)61-53-33-17-9-24-41(53)43-34-50-51(35-54(43)61)58(46-28-12-6-22-39(46)40-23-7-13-29-47(40)58)49-31-15-14-30-48(49)57(50)44-26-10-4-20-37(44)38-21-5-11-27-45(38)57/h1-35H. The lowest BCUT2D eigenvalue weighted by molar-refractivity contribution is 0.634. The van der Waals surface area contributed by atoms with Gasteiger partial charge in [0.2, 0.25) is 5.95 Å². The smallest absolute Gasteiger partial charge is 0.235 e. The summed E-state index contributed by atoms with van der Waals surface area (Å²) >= 11 is 0. The Hall–Kier alpha value is -7.88. The highest BCUT2D eigenvalue weighted by Gasteiger charge is 2.59. The second-order valence-electron chi connectivity index (χ2n) is 16.8. The molecule has 3 nitrogen and oxygen atoms in total. The summed E-state index contributed by atoms with van der Waals surface area (Å²) in [6.45, 7) is 0. The van der Waals surface area contributed by atoms with Crippen molar-refractivity contribution in [2.24, 2.45) is 0 Å². The van der Waals surface area contributed by atoms with Crippen molar-refractivity contribution < 1.29 is 0 Å². The first-order valence-corrected chi connectivity index (χ1v) is 21.2.